The smallest absolute Gasteiger partial charge is 0.104 e. The maximum atomic E-state index is 9.60. The molecule has 48 heavy (non-hydrogen) atoms. The van der Waals surface area contributed by atoms with Gasteiger partial charge >= 0.3 is 0 Å². The summed E-state index contributed by atoms with van der Waals surface area (Å²) in [5.41, 5.74) is 0. The lowest BCUT2D eigenvalue weighted by atomic mass is 9.98. The van der Waals surface area contributed by atoms with Gasteiger partial charge in [0.05, 0.1) is 26.4 Å². The number of rotatable bonds is 39. The van der Waals surface area contributed by atoms with E-state index in [1.807, 2.05) is 0 Å². The van der Waals surface area contributed by atoms with Gasteiger partial charge in [-0.05, 0) is 49.4 Å². The van der Waals surface area contributed by atoms with E-state index in [2.05, 4.69) is 41.5 Å². The van der Waals surface area contributed by atoms with Gasteiger partial charge in [-0.2, -0.15) is 0 Å². The van der Waals surface area contributed by atoms with Crippen LogP contribution >= 0.6 is 0 Å². The fraction of sp³-hybridized carbons (Fsp3) is 1.00. The molecule has 2 N–H and O–H groups in total. The molecule has 0 unspecified atom stereocenters. The summed E-state index contributed by atoms with van der Waals surface area (Å²) in [4.78, 5) is 0. The van der Waals surface area contributed by atoms with Gasteiger partial charge in [0, 0.05) is 26.4 Å². The van der Waals surface area contributed by atoms with Crippen LogP contribution in [0.25, 0.3) is 0 Å². The van der Waals surface area contributed by atoms with Gasteiger partial charge < -0.3 is 29.2 Å². The number of hydrogen-bond acceptors (Lipinski definition) is 6. The summed E-state index contributed by atoms with van der Waals surface area (Å²) in [6, 6.07) is 0. The molecule has 0 radical (unpaired) electrons. The molecule has 0 bridgehead atoms. The molecular weight excluding hydrogens is 600 g/mol. The highest BCUT2D eigenvalue weighted by atomic mass is 16.5. The molecule has 290 valence electrons. The van der Waals surface area contributed by atoms with Crippen molar-refractivity contribution in [1.82, 2.24) is 0 Å². The predicted molar refractivity (Wildman–Crippen MR) is 205 cm³/mol. The van der Waals surface area contributed by atoms with Crippen LogP contribution in [-0.2, 0) is 18.9 Å². The first kappa shape index (κ1) is 47.8. The van der Waals surface area contributed by atoms with E-state index in [1.54, 1.807) is 0 Å². The molecule has 6 nitrogen and oxygen atoms in total. The Morgan fingerprint density at radius 2 is 0.667 bits per heavy atom. The summed E-state index contributed by atoms with van der Waals surface area (Å²) in [6.07, 6.45) is 27.7. The molecule has 0 saturated heterocycles. The van der Waals surface area contributed by atoms with Crippen LogP contribution in [0.2, 0.25) is 0 Å². The average molecular weight is 687 g/mol. The number of ether oxygens (including phenoxy) is 4. The van der Waals surface area contributed by atoms with Crippen molar-refractivity contribution in [2.75, 3.05) is 52.9 Å². The van der Waals surface area contributed by atoms with Crippen molar-refractivity contribution in [1.29, 1.82) is 0 Å². The summed E-state index contributed by atoms with van der Waals surface area (Å²) in [7, 11) is 0. The van der Waals surface area contributed by atoms with E-state index in [9.17, 15) is 10.2 Å². The molecule has 0 spiro atoms. The Morgan fingerprint density at radius 3 is 0.958 bits per heavy atom. The van der Waals surface area contributed by atoms with Crippen LogP contribution in [-0.4, -0.2) is 75.3 Å². The lowest BCUT2D eigenvalue weighted by molar-refractivity contribution is -0.0459. The normalized spacial score (nSPS) is 14.6. The Morgan fingerprint density at radius 1 is 0.354 bits per heavy atom. The number of hydrogen-bond donors (Lipinski definition) is 2. The largest absolute Gasteiger partial charge is 0.394 e. The third-order valence-corrected chi connectivity index (χ3v) is 9.73. The highest BCUT2D eigenvalue weighted by molar-refractivity contribution is 4.60. The molecule has 0 fully saturated rings. The molecule has 0 rings (SSSR count). The summed E-state index contributed by atoms with van der Waals surface area (Å²) in [5.74, 6) is 2.94. The highest BCUT2D eigenvalue weighted by Gasteiger charge is 2.11. The van der Waals surface area contributed by atoms with Crippen molar-refractivity contribution < 1.29 is 29.2 Å². The van der Waals surface area contributed by atoms with Crippen molar-refractivity contribution in [2.45, 2.75) is 195 Å². The minimum Gasteiger partial charge on any atom is -0.394 e. The number of aliphatic hydroxyl groups excluding tert-OH is 2. The Balaban J connectivity index is 3.40. The average Bonchev–Trinajstić information content (AvgIpc) is 3.05. The van der Waals surface area contributed by atoms with Crippen molar-refractivity contribution in [3.8, 4) is 0 Å². The summed E-state index contributed by atoms with van der Waals surface area (Å²) >= 11 is 0. The number of unbranched alkanes of at least 4 members (excludes halogenated alkanes) is 13. The molecule has 0 heterocycles. The van der Waals surface area contributed by atoms with Gasteiger partial charge in [-0.3, -0.25) is 0 Å². The van der Waals surface area contributed by atoms with Crippen LogP contribution in [0, 0.1) is 23.7 Å². The van der Waals surface area contributed by atoms with Crippen molar-refractivity contribution in [3.05, 3.63) is 0 Å². The number of aliphatic hydroxyl groups is 2. The van der Waals surface area contributed by atoms with E-state index in [1.165, 1.54) is 116 Å². The summed E-state index contributed by atoms with van der Waals surface area (Å²) in [5, 5.41) is 19.2. The molecule has 0 aliphatic heterocycles. The Bertz CT molecular complexity index is 563. The second-order valence-electron chi connectivity index (χ2n) is 15.9. The fourth-order valence-electron chi connectivity index (χ4n) is 6.18. The summed E-state index contributed by atoms with van der Waals surface area (Å²) in [6.45, 7) is 17.8. The molecule has 0 aliphatic carbocycles. The zero-order valence-corrected chi connectivity index (χ0v) is 33.2. The van der Waals surface area contributed by atoms with E-state index in [0.29, 0.717) is 25.0 Å². The van der Waals surface area contributed by atoms with Crippen LogP contribution in [0.5, 0.6) is 0 Å². The highest BCUT2D eigenvalue weighted by Crippen LogP contribution is 2.17. The fourth-order valence-corrected chi connectivity index (χ4v) is 6.18. The van der Waals surface area contributed by atoms with Crippen molar-refractivity contribution in [3.63, 3.8) is 0 Å². The molecule has 0 aliphatic rings. The Labute approximate surface area is 300 Å². The van der Waals surface area contributed by atoms with Gasteiger partial charge in [0.1, 0.15) is 12.2 Å². The first-order chi connectivity index (χ1) is 23.3. The van der Waals surface area contributed by atoms with Gasteiger partial charge in [0.2, 0.25) is 0 Å². The molecule has 0 amide bonds. The Hall–Kier alpha value is -0.240. The van der Waals surface area contributed by atoms with Crippen LogP contribution in [0.15, 0.2) is 0 Å². The first-order valence-corrected chi connectivity index (χ1v) is 20.9. The second-order valence-corrected chi connectivity index (χ2v) is 15.9. The third-order valence-electron chi connectivity index (χ3n) is 9.73. The molecule has 6 heteroatoms. The minimum absolute atomic E-state index is 0.0412. The van der Waals surface area contributed by atoms with Crippen LogP contribution in [0.4, 0.5) is 0 Å². The molecule has 4 atom stereocenters. The van der Waals surface area contributed by atoms with E-state index in [-0.39, 0.29) is 25.4 Å². The van der Waals surface area contributed by atoms with Gasteiger partial charge in [0.15, 0.2) is 0 Å². The van der Waals surface area contributed by atoms with Crippen molar-refractivity contribution in [2.24, 2.45) is 23.7 Å². The van der Waals surface area contributed by atoms with Gasteiger partial charge in [-0.1, -0.05) is 157 Å². The van der Waals surface area contributed by atoms with Gasteiger partial charge in [-0.25, -0.2) is 0 Å². The lowest BCUT2D eigenvalue weighted by Crippen LogP contribution is -2.25. The topological polar surface area (TPSA) is 77.4 Å². The monoisotopic (exact) mass is 687 g/mol. The maximum Gasteiger partial charge on any atom is 0.104 e. The van der Waals surface area contributed by atoms with Crippen LogP contribution in [0.1, 0.15) is 183 Å². The zero-order valence-electron chi connectivity index (χ0n) is 33.2. The van der Waals surface area contributed by atoms with E-state index in [4.69, 9.17) is 18.9 Å². The molecule has 0 aromatic rings. The Kier molecular flexibility index (Phi) is 36.4. The van der Waals surface area contributed by atoms with Crippen LogP contribution in [0.3, 0.4) is 0 Å². The SMILES string of the molecule is CC(C)CCC[C@@H](C)CCO[C@@H](CO)COCCCCCCCCCCCCCCCCOC[C@H](CO)OCC[C@H](C)CCCC(C)C. The lowest BCUT2D eigenvalue weighted by Gasteiger charge is -2.18. The molecule has 0 saturated carbocycles. The predicted octanol–water partition coefficient (Wildman–Crippen LogP) is 10.9. The minimum atomic E-state index is -0.183. The van der Waals surface area contributed by atoms with E-state index >= 15 is 0 Å². The molecule has 0 aromatic carbocycles. The third kappa shape index (κ3) is 35.6. The van der Waals surface area contributed by atoms with Crippen molar-refractivity contribution >= 4 is 0 Å². The maximum absolute atomic E-state index is 9.60. The molecular formula is C42H86O6. The van der Waals surface area contributed by atoms with Gasteiger partial charge in [0.25, 0.3) is 0 Å². The van der Waals surface area contributed by atoms with E-state index in [0.717, 1.165) is 63.9 Å². The van der Waals surface area contributed by atoms with Gasteiger partial charge in [-0.15, -0.1) is 0 Å². The van der Waals surface area contributed by atoms with E-state index < -0.39 is 0 Å². The molecule has 0 aromatic heterocycles. The summed E-state index contributed by atoms with van der Waals surface area (Å²) < 4.78 is 23.3. The quantitative estimate of drug-likeness (QED) is 0.0627. The standard InChI is InChI=1S/C42H86O6/c1-37(2)23-21-25-39(5)27-31-47-41(33-43)35-45-29-19-17-15-13-11-9-7-8-10-12-14-16-18-20-30-46-36-42(34-44)48-32-28-40(6)26-22-24-38(3)4/h37-44H,7-36H2,1-6H3/t39-,40-,41+,42+/m1/s1. The zero-order chi connectivity index (χ0) is 35.5. The van der Waals surface area contributed by atoms with Crippen LogP contribution < -0.4 is 0 Å². The first-order valence-electron chi connectivity index (χ1n) is 20.9. The second kappa shape index (κ2) is 36.5.